The van der Waals surface area contributed by atoms with Gasteiger partial charge in [-0.25, -0.2) is 4.98 Å². The highest BCUT2D eigenvalue weighted by Crippen LogP contribution is 2.33. The molecule has 4 nitrogen and oxygen atoms in total. The summed E-state index contributed by atoms with van der Waals surface area (Å²) in [6.07, 6.45) is -0.949. The highest BCUT2D eigenvalue weighted by atomic mass is 19.4. The molecule has 162 valence electrons. The molecule has 0 spiro atoms. The van der Waals surface area contributed by atoms with E-state index in [0.29, 0.717) is 11.7 Å². The van der Waals surface area contributed by atoms with E-state index in [4.69, 9.17) is 0 Å². The summed E-state index contributed by atoms with van der Waals surface area (Å²) in [7, 11) is 0. The van der Waals surface area contributed by atoms with Crippen molar-refractivity contribution in [1.82, 2.24) is 15.2 Å². The highest BCUT2D eigenvalue weighted by Gasteiger charge is 2.31. The van der Waals surface area contributed by atoms with Crippen molar-refractivity contribution in [1.29, 1.82) is 0 Å². The normalized spacial score (nSPS) is 15.3. The van der Waals surface area contributed by atoms with E-state index >= 15 is 0 Å². The van der Waals surface area contributed by atoms with Crippen LogP contribution < -0.4 is 4.90 Å². The Morgan fingerprint density at radius 2 is 1.65 bits per heavy atom. The maximum atomic E-state index is 12.8. The molecule has 0 amide bonds. The number of anilines is 1. The molecular formula is C24H25F3N4. The first-order valence-electron chi connectivity index (χ1n) is 10.5. The first kappa shape index (κ1) is 21.3. The molecule has 1 aliphatic rings. The summed E-state index contributed by atoms with van der Waals surface area (Å²) in [5, 5.41) is 9.12. The zero-order valence-corrected chi connectivity index (χ0v) is 17.7. The minimum atomic E-state index is -4.36. The molecule has 0 radical (unpaired) electrons. The molecule has 0 aliphatic carbocycles. The average molecular weight is 426 g/mol. The number of benzene rings is 1. The molecular weight excluding hydrogens is 401 g/mol. The molecule has 1 aromatic carbocycles. The van der Waals surface area contributed by atoms with Crippen LogP contribution in [0, 0.1) is 13.8 Å². The molecule has 0 unspecified atom stereocenters. The summed E-state index contributed by atoms with van der Waals surface area (Å²) in [5.41, 5.74) is 4.90. The van der Waals surface area contributed by atoms with Crippen molar-refractivity contribution >= 4 is 5.82 Å². The predicted molar refractivity (Wildman–Crippen MR) is 114 cm³/mol. The molecule has 0 atom stereocenters. The minimum absolute atomic E-state index is 0.294. The van der Waals surface area contributed by atoms with Gasteiger partial charge in [0.15, 0.2) is 0 Å². The zero-order chi connectivity index (χ0) is 22.0. The quantitative estimate of drug-likeness (QED) is 0.554. The van der Waals surface area contributed by atoms with Gasteiger partial charge < -0.3 is 4.90 Å². The van der Waals surface area contributed by atoms with Crippen LogP contribution in [0.2, 0.25) is 0 Å². The summed E-state index contributed by atoms with van der Waals surface area (Å²) in [6.45, 7) is 5.68. The van der Waals surface area contributed by atoms with Crippen molar-refractivity contribution in [3.63, 3.8) is 0 Å². The summed E-state index contributed by atoms with van der Waals surface area (Å²) in [5.74, 6) is 0.881. The Bertz CT molecular complexity index is 1030. The Kier molecular flexibility index (Phi) is 5.94. The number of halogens is 3. The summed E-state index contributed by atoms with van der Waals surface area (Å²) in [6, 6.07) is 12.8. The number of hydrogen-bond donors (Lipinski definition) is 0. The molecule has 4 rings (SSSR count). The van der Waals surface area contributed by atoms with Gasteiger partial charge in [0, 0.05) is 31.6 Å². The SMILES string of the molecule is Cc1c(Cc2ccccc2)nnc(C2CCN(c3ccc(C(F)(F)F)cn3)CC2)c1C. The number of hydrogen-bond acceptors (Lipinski definition) is 4. The van der Waals surface area contributed by atoms with Crippen molar-refractivity contribution in [3.05, 3.63) is 82.3 Å². The largest absolute Gasteiger partial charge is 0.417 e. The van der Waals surface area contributed by atoms with Crippen LogP contribution in [0.4, 0.5) is 19.0 Å². The third-order valence-corrected chi connectivity index (χ3v) is 6.15. The van der Waals surface area contributed by atoms with Crippen LogP contribution in [0.25, 0.3) is 0 Å². The van der Waals surface area contributed by atoms with Crippen molar-refractivity contribution in [3.8, 4) is 0 Å². The lowest BCUT2D eigenvalue weighted by Crippen LogP contribution is -2.34. The monoisotopic (exact) mass is 426 g/mol. The summed E-state index contributed by atoms with van der Waals surface area (Å²) in [4.78, 5) is 6.07. The molecule has 0 N–H and O–H groups in total. The van der Waals surface area contributed by atoms with Crippen LogP contribution in [0.5, 0.6) is 0 Å². The Balaban J connectivity index is 1.43. The third-order valence-electron chi connectivity index (χ3n) is 6.15. The smallest absolute Gasteiger partial charge is 0.357 e. The van der Waals surface area contributed by atoms with Crippen LogP contribution in [0.1, 0.15) is 52.4 Å². The zero-order valence-electron chi connectivity index (χ0n) is 17.7. The van der Waals surface area contributed by atoms with Crippen LogP contribution in [-0.2, 0) is 12.6 Å². The van der Waals surface area contributed by atoms with E-state index in [2.05, 4.69) is 41.2 Å². The van der Waals surface area contributed by atoms with Gasteiger partial charge in [-0.1, -0.05) is 30.3 Å². The first-order chi connectivity index (χ1) is 14.8. The molecule has 3 aromatic rings. The molecule has 1 fully saturated rings. The van der Waals surface area contributed by atoms with Gasteiger partial charge in [0.1, 0.15) is 5.82 Å². The van der Waals surface area contributed by atoms with E-state index in [9.17, 15) is 13.2 Å². The number of aromatic nitrogens is 3. The van der Waals surface area contributed by atoms with Gasteiger partial charge in [-0.2, -0.15) is 23.4 Å². The van der Waals surface area contributed by atoms with E-state index in [1.807, 2.05) is 23.1 Å². The van der Waals surface area contributed by atoms with Gasteiger partial charge in [0.2, 0.25) is 0 Å². The lowest BCUT2D eigenvalue weighted by atomic mass is 9.89. The predicted octanol–water partition coefficient (Wildman–Crippen LogP) is 5.48. The number of rotatable bonds is 4. The molecule has 31 heavy (non-hydrogen) atoms. The number of alkyl halides is 3. The second kappa shape index (κ2) is 8.65. The Labute approximate surface area is 180 Å². The first-order valence-corrected chi connectivity index (χ1v) is 10.5. The number of nitrogens with zero attached hydrogens (tertiary/aromatic N) is 4. The van der Waals surface area contributed by atoms with Crippen molar-refractivity contribution < 1.29 is 13.2 Å². The van der Waals surface area contributed by atoms with Crippen LogP contribution in [0.3, 0.4) is 0 Å². The molecule has 1 saturated heterocycles. The van der Waals surface area contributed by atoms with E-state index in [1.165, 1.54) is 22.8 Å². The average Bonchev–Trinajstić information content (AvgIpc) is 2.77. The second-order valence-corrected chi connectivity index (χ2v) is 8.11. The fourth-order valence-electron chi connectivity index (χ4n) is 4.14. The summed E-state index contributed by atoms with van der Waals surface area (Å²) < 4.78 is 38.3. The fraction of sp³-hybridized carbons (Fsp3) is 0.375. The lowest BCUT2D eigenvalue weighted by molar-refractivity contribution is -0.137. The van der Waals surface area contributed by atoms with Crippen LogP contribution >= 0.6 is 0 Å². The van der Waals surface area contributed by atoms with E-state index < -0.39 is 11.7 Å². The maximum absolute atomic E-state index is 12.8. The molecule has 0 saturated carbocycles. The van der Waals surface area contributed by atoms with E-state index in [1.54, 1.807) is 0 Å². The van der Waals surface area contributed by atoms with Crippen molar-refractivity contribution in [2.24, 2.45) is 0 Å². The Morgan fingerprint density at radius 1 is 0.935 bits per heavy atom. The van der Waals surface area contributed by atoms with Crippen LogP contribution in [-0.4, -0.2) is 28.3 Å². The number of piperidine rings is 1. The third kappa shape index (κ3) is 4.70. The summed E-state index contributed by atoms with van der Waals surface area (Å²) >= 11 is 0. The van der Waals surface area contributed by atoms with Gasteiger partial charge in [0.25, 0.3) is 0 Å². The molecule has 2 aromatic heterocycles. The Hall–Kier alpha value is -2.96. The van der Waals surface area contributed by atoms with Crippen molar-refractivity contribution in [2.45, 2.75) is 45.2 Å². The van der Waals surface area contributed by atoms with Crippen LogP contribution in [0.15, 0.2) is 48.7 Å². The standard InChI is InChI=1S/C24H25F3N4/c1-16-17(2)23(30-29-21(16)14-18-6-4-3-5-7-18)19-10-12-31(13-11-19)22-9-8-20(15-28-22)24(25,26)27/h3-9,15,19H,10-14H2,1-2H3. The maximum Gasteiger partial charge on any atom is 0.417 e. The topological polar surface area (TPSA) is 41.9 Å². The van der Waals surface area contributed by atoms with Gasteiger partial charge in [-0.3, -0.25) is 0 Å². The lowest BCUT2D eigenvalue weighted by Gasteiger charge is -2.33. The number of pyridine rings is 1. The molecule has 7 heteroatoms. The molecule has 0 bridgehead atoms. The van der Waals surface area contributed by atoms with Gasteiger partial charge in [-0.05, 0) is 55.5 Å². The Morgan fingerprint density at radius 3 is 2.26 bits per heavy atom. The van der Waals surface area contributed by atoms with E-state index in [-0.39, 0.29) is 0 Å². The van der Waals surface area contributed by atoms with Crippen molar-refractivity contribution in [2.75, 3.05) is 18.0 Å². The second-order valence-electron chi connectivity index (χ2n) is 8.11. The minimum Gasteiger partial charge on any atom is -0.357 e. The van der Waals surface area contributed by atoms with E-state index in [0.717, 1.165) is 56.0 Å². The van der Waals surface area contributed by atoms with Gasteiger partial charge >= 0.3 is 6.18 Å². The molecule has 3 heterocycles. The highest BCUT2D eigenvalue weighted by molar-refractivity contribution is 5.41. The fourth-order valence-corrected chi connectivity index (χ4v) is 4.14. The van der Waals surface area contributed by atoms with Gasteiger partial charge in [-0.15, -0.1) is 0 Å². The molecule has 1 aliphatic heterocycles. The van der Waals surface area contributed by atoms with Gasteiger partial charge in [0.05, 0.1) is 17.0 Å².